The van der Waals surface area contributed by atoms with Gasteiger partial charge in [-0.25, -0.2) is 0 Å². The Morgan fingerprint density at radius 2 is 2.15 bits per heavy atom. The number of hydrogen-bond donors (Lipinski definition) is 2. The van der Waals surface area contributed by atoms with Crippen molar-refractivity contribution in [3.8, 4) is 0 Å². The van der Waals surface area contributed by atoms with Crippen molar-refractivity contribution in [1.82, 2.24) is 15.5 Å². The Morgan fingerprint density at radius 3 is 2.75 bits per heavy atom. The maximum absolute atomic E-state index is 4.33. The van der Waals surface area contributed by atoms with Crippen LogP contribution >= 0.6 is 0 Å². The molecule has 1 aliphatic rings. The minimum atomic E-state index is 0.504. The van der Waals surface area contributed by atoms with E-state index in [-0.39, 0.29) is 0 Å². The summed E-state index contributed by atoms with van der Waals surface area (Å²) in [5, 5.41) is 6.98. The van der Waals surface area contributed by atoms with Crippen LogP contribution in [0.5, 0.6) is 0 Å². The number of aliphatic imine (C=N–C) groups is 1. The molecule has 2 atom stereocenters. The van der Waals surface area contributed by atoms with Gasteiger partial charge in [0.05, 0.1) is 0 Å². The molecule has 0 aromatic carbocycles. The van der Waals surface area contributed by atoms with E-state index >= 15 is 0 Å². The van der Waals surface area contributed by atoms with Gasteiger partial charge in [-0.05, 0) is 39.3 Å². The second-order valence-electron chi connectivity index (χ2n) is 6.26. The summed E-state index contributed by atoms with van der Waals surface area (Å²) in [6, 6.07) is 0.504. The van der Waals surface area contributed by atoms with Crippen LogP contribution in [-0.4, -0.2) is 50.6 Å². The fourth-order valence-corrected chi connectivity index (χ4v) is 2.81. The molecular weight excluding hydrogens is 248 g/mol. The van der Waals surface area contributed by atoms with Crippen LogP contribution in [0.4, 0.5) is 0 Å². The summed E-state index contributed by atoms with van der Waals surface area (Å²) < 4.78 is 0. The highest BCUT2D eigenvalue weighted by Gasteiger charge is 2.19. The first-order valence-corrected chi connectivity index (χ1v) is 8.31. The van der Waals surface area contributed by atoms with E-state index in [2.05, 4.69) is 41.4 Å². The van der Waals surface area contributed by atoms with Gasteiger partial charge in [0.15, 0.2) is 5.96 Å². The van der Waals surface area contributed by atoms with E-state index in [1.807, 2.05) is 7.05 Å². The highest BCUT2D eigenvalue weighted by Crippen LogP contribution is 2.12. The molecule has 0 aromatic heterocycles. The fraction of sp³-hybridized carbons (Fsp3) is 0.938. The number of nitrogens with one attached hydrogen (secondary N) is 2. The molecule has 1 heterocycles. The van der Waals surface area contributed by atoms with Crippen molar-refractivity contribution in [2.45, 2.75) is 58.4 Å². The molecule has 4 nitrogen and oxygen atoms in total. The van der Waals surface area contributed by atoms with E-state index in [0.717, 1.165) is 18.4 Å². The number of guanidine groups is 1. The molecule has 0 spiro atoms. The number of unbranched alkanes of at least 4 members (excludes halogenated alkanes) is 3. The molecule has 0 aromatic rings. The first kappa shape index (κ1) is 17.3. The van der Waals surface area contributed by atoms with E-state index < -0.39 is 0 Å². The second kappa shape index (κ2) is 10.0. The third-order valence-electron chi connectivity index (χ3n) is 4.14. The Balaban J connectivity index is 2.15. The van der Waals surface area contributed by atoms with Gasteiger partial charge >= 0.3 is 0 Å². The Kier molecular flexibility index (Phi) is 8.67. The minimum absolute atomic E-state index is 0.504. The van der Waals surface area contributed by atoms with Crippen molar-refractivity contribution in [2.24, 2.45) is 10.9 Å². The molecule has 118 valence electrons. The molecule has 2 N–H and O–H groups in total. The van der Waals surface area contributed by atoms with Crippen molar-refractivity contribution >= 4 is 5.96 Å². The summed E-state index contributed by atoms with van der Waals surface area (Å²) in [6.07, 6.45) is 7.85. The Bertz CT molecular complexity index is 278. The van der Waals surface area contributed by atoms with Crippen LogP contribution in [0.2, 0.25) is 0 Å². The summed E-state index contributed by atoms with van der Waals surface area (Å²) in [4.78, 5) is 6.73. The zero-order valence-electron chi connectivity index (χ0n) is 13.9. The van der Waals surface area contributed by atoms with Gasteiger partial charge in [0.2, 0.25) is 0 Å². The number of rotatable bonds is 8. The molecule has 1 fully saturated rings. The molecule has 1 aliphatic heterocycles. The highest BCUT2D eigenvalue weighted by molar-refractivity contribution is 5.79. The number of nitrogens with zero attached hydrogens (tertiary/aromatic N) is 2. The van der Waals surface area contributed by atoms with Crippen LogP contribution in [0.15, 0.2) is 4.99 Å². The molecule has 1 rings (SSSR count). The maximum atomic E-state index is 4.33. The normalized spacial score (nSPS) is 22.0. The molecule has 0 bridgehead atoms. The predicted molar refractivity (Wildman–Crippen MR) is 88.3 cm³/mol. The minimum Gasteiger partial charge on any atom is -0.356 e. The summed E-state index contributed by atoms with van der Waals surface area (Å²) in [6.45, 7) is 7.98. The molecule has 4 heteroatoms. The lowest BCUT2D eigenvalue weighted by Gasteiger charge is -2.19. The molecule has 0 radical (unpaired) electrons. The summed E-state index contributed by atoms with van der Waals surface area (Å²) in [5.74, 6) is 1.72. The zero-order chi connectivity index (χ0) is 14.8. The molecule has 2 unspecified atom stereocenters. The van der Waals surface area contributed by atoms with Gasteiger partial charge in [0.1, 0.15) is 0 Å². The summed E-state index contributed by atoms with van der Waals surface area (Å²) in [7, 11) is 4.06. The molecule has 20 heavy (non-hydrogen) atoms. The maximum Gasteiger partial charge on any atom is 0.191 e. The lowest BCUT2D eigenvalue weighted by Crippen LogP contribution is -2.44. The molecular formula is C16H34N4. The molecule has 1 saturated heterocycles. The van der Waals surface area contributed by atoms with Crippen molar-refractivity contribution in [3.63, 3.8) is 0 Å². The first-order chi connectivity index (χ1) is 9.65. The average molecular weight is 282 g/mol. The largest absolute Gasteiger partial charge is 0.356 e. The monoisotopic (exact) mass is 282 g/mol. The van der Waals surface area contributed by atoms with Gasteiger partial charge in [0, 0.05) is 26.2 Å². The molecule has 0 aliphatic carbocycles. The highest BCUT2D eigenvalue weighted by atomic mass is 15.2. The van der Waals surface area contributed by atoms with E-state index in [4.69, 9.17) is 0 Å². The van der Waals surface area contributed by atoms with Gasteiger partial charge in [-0.3, -0.25) is 4.99 Å². The van der Waals surface area contributed by atoms with Crippen LogP contribution in [0, 0.1) is 5.92 Å². The van der Waals surface area contributed by atoms with E-state index in [9.17, 15) is 0 Å². The van der Waals surface area contributed by atoms with Crippen LogP contribution in [0.3, 0.4) is 0 Å². The van der Waals surface area contributed by atoms with E-state index in [1.54, 1.807) is 0 Å². The standard InChI is InChI=1S/C16H34N4/c1-5-6-7-8-9-14(2)19-16(17-3)18-12-15-10-11-20(4)13-15/h14-15H,5-13H2,1-4H3,(H2,17,18,19). The quantitative estimate of drug-likeness (QED) is 0.408. The molecule has 0 amide bonds. The van der Waals surface area contributed by atoms with E-state index in [0.29, 0.717) is 6.04 Å². The third-order valence-corrected chi connectivity index (χ3v) is 4.14. The second-order valence-corrected chi connectivity index (χ2v) is 6.26. The van der Waals surface area contributed by atoms with Gasteiger partial charge in [-0.2, -0.15) is 0 Å². The third kappa shape index (κ3) is 7.13. The van der Waals surface area contributed by atoms with Gasteiger partial charge < -0.3 is 15.5 Å². The van der Waals surface area contributed by atoms with Gasteiger partial charge in [-0.15, -0.1) is 0 Å². The Hall–Kier alpha value is -0.770. The van der Waals surface area contributed by atoms with Gasteiger partial charge in [-0.1, -0.05) is 32.6 Å². The van der Waals surface area contributed by atoms with Crippen LogP contribution in [0.25, 0.3) is 0 Å². The van der Waals surface area contributed by atoms with Crippen molar-refractivity contribution in [3.05, 3.63) is 0 Å². The lowest BCUT2D eigenvalue weighted by atomic mass is 10.1. The van der Waals surface area contributed by atoms with Crippen LogP contribution in [0.1, 0.15) is 52.4 Å². The Morgan fingerprint density at radius 1 is 1.35 bits per heavy atom. The number of likely N-dealkylation sites (tertiary alicyclic amines) is 1. The predicted octanol–water partition coefficient (Wildman–Crippen LogP) is 2.46. The van der Waals surface area contributed by atoms with Crippen molar-refractivity contribution in [2.75, 3.05) is 33.7 Å². The molecule has 0 saturated carbocycles. The number of hydrogen-bond acceptors (Lipinski definition) is 2. The zero-order valence-corrected chi connectivity index (χ0v) is 13.9. The SMILES string of the molecule is CCCCCCC(C)NC(=NC)NCC1CCN(C)C1. The fourth-order valence-electron chi connectivity index (χ4n) is 2.81. The smallest absolute Gasteiger partial charge is 0.191 e. The van der Waals surface area contributed by atoms with Crippen molar-refractivity contribution < 1.29 is 0 Å². The van der Waals surface area contributed by atoms with Gasteiger partial charge in [0.25, 0.3) is 0 Å². The summed E-state index contributed by atoms with van der Waals surface area (Å²) in [5.41, 5.74) is 0. The summed E-state index contributed by atoms with van der Waals surface area (Å²) >= 11 is 0. The first-order valence-electron chi connectivity index (χ1n) is 8.31. The Labute approximate surface area is 125 Å². The van der Waals surface area contributed by atoms with Crippen LogP contribution in [-0.2, 0) is 0 Å². The topological polar surface area (TPSA) is 39.7 Å². The van der Waals surface area contributed by atoms with Crippen LogP contribution < -0.4 is 10.6 Å². The lowest BCUT2D eigenvalue weighted by molar-refractivity contribution is 0.393. The van der Waals surface area contributed by atoms with E-state index in [1.165, 1.54) is 51.6 Å². The van der Waals surface area contributed by atoms with Crippen molar-refractivity contribution in [1.29, 1.82) is 0 Å². The average Bonchev–Trinajstić information content (AvgIpc) is 2.85.